The van der Waals surface area contributed by atoms with Crippen molar-refractivity contribution < 1.29 is 4.79 Å². The molecule has 138 valence electrons. The molecule has 2 saturated carbocycles. The Morgan fingerprint density at radius 3 is 2.46 bits per heavy atom. The number of carbonyl (C=O) groups is 1. The first-order valence-corrected chi connectivity index (χ1v) is 9.61. The summed E-state index contributed by atoms with van der Waals surface area (Å²) in [6, 6.07) is 2.32. The van der Waals surface area contributed by atoms with Gasteiger partial charge >= 0.3 is 0 Å². The van der Waals surface area contributed by atoms with E-state index in [1.54, 1.807) is 0 Å². The van der Waals surface area contributed by atoms with Gasteiger partial charge in [0, 0.05) is 56.4 Å². The predicted octanol–water partition coefficient (Wildman–Crippen LogP) is 3.09. The van der Waals surface area contributed by atoms with Crippen LogP contribution in [0.25, 0.3) is 11.1 Å². The molecule has 0 aromatic carbocycles. The number of amides is 1. The monoisotopic (exact) mass is 353 g/mol. The molecule has 2 fully saturated rings. The molecule has 2 aliphatic rings. The summed E-state index contributed by atoms with van der Waals surface area (Å²) >= 11 is 0. The summed E-state index contributed by atoms with van der Waals surface area (Å²) in [6.07, 6.45) is 12.9. The molecule has 26 heavy (non-hydrogen) atoms. The SMILES string of the molecule is CN(C)c1ncc(-c2cc(C(=O)NC3CCCC3)n(CC3CC3)c2)cn1. The van der Waals surface area contributed by atoms with E-state index in [4.69, 9.17) is 0 Å². The zero-order valence-corrected chi connectivity index (χ0v) is 15.6. The third-order valence-electron chi connectivity index (χ3n) is 5.34. The third kappa shape index (κ3) is 3.74. The first-order valence-electron chi connectivity index (χ1n) is 9.61. The van der Waals surface area contributed by atoms with Crippen LogP contribution in [0.5, 0.6) is 0 Å². The molecule has 1 N–H and O–H groups in total. The molecule has 0 saturated heterocycles. The normalized spacial score (nSPS) is 17.5. The van der Waals surface area contributed by atoms with Gasteiger partial charge in [-0.1, -0.05) is 12.8 Å². The van der Waals surface area contributed by atoms with Gasteiger partial charge < -0.3 is 14.8 Å². The Hall–Kier alpha value is -2.37. The quantitative estimate of drug-likeness (QED) is 0.867. The van der Waals surface area contributed by atoms with Crippen LogP contribution in [0.1, 0.15) is 49.0 Å². The number of hydrogen-bond acceptors (Lipinski definition) is 4. The highest BCUT2D eigenvalue weighted by Gasteiger charge is 2.26. The first-order chi connectivity index (χ1) is 12.6. The number of anilines is 1. The van der Waals surface area contributed by atoms with Crippen LogP contribution in [-0.4, -0.2) is 40.6 Å². The van der Waals surface area contributed by atoms with E-state index < -0.39 is 0 Å². The minimum absolute atomic E-state index is 0.0506. The van der Waals surface area contributed by atoms with Gasteiger partial charge in [-0.2, -0.15) is 0 Å². The lowest BCUT2D eigenvalue weighted by molar-refractivity contribution is 0.0928. The molecule has 2 heterocycles. The number of rotatable bonds is 6. The van der Waals surface area contributed by atoms with Gasteiger partial charge in [0.05, 0.1) is 0 Å². The van der Waals surface area contributed by atoms with Crippen molar-refractivity contribution in [1.29, 1.82) is 0 Å². The molecule has 0 aliphatic heterocycles. The minimum Gasteiger partial charge on any atom is -0.348 e. The Morgan fingerprint density at radius 1 is 1.15 bits per heavy atom. The molecule has 1 amide bonds. The fraction of sp³-hybridized carbons (Fsp3) is 0.550. The lowest BCUT2D eigenvalue weighted by atomic mass is 10.2. The van der Waals surface area contributed by atoms with Crippen LogP contribution < -0.4 is 10.2 Å². The van der Waals surface area contributed by atoms with Crippen LogP contribution >= 0.6 is 0 Å². The number of carbonyl (C=O) groups excluding carboxylic acids is 1. The number of aromatic nitrogens is 3. The highest BCUT2D eigenvalue weighted by atomic mass is 16.2. The summed E-state index contributed by atoms with van der Waals surface area (Å²) in [6.45, 7) is 0.921. The van der Waals surface area contributed by atoms with Crippen LogP contribution in [0.3, 0.4) is 0 Å². The molecular formula is C20H27N5O. The van der Waals surface area contributed by atoms with Crippen molar-refractivity contribution in [2.24, 2.45) is 5.92 Å². The van der Waals surface area contributed by atoms with E-state index in [0.717, 1.165) is 36.2 Å². The molecule has 0 atom stereocenters. The maximum absolute atomic E-state index is 12.8. The Morgan fingerprint density at radius 2 is 1.85 bits per heavy atom. The van der Waals surface area contributed by atoms with Gasteiger partial charge in [0.1, 0.15) is 5.69 Å². The van der Waals surface area contributed by atoms with Crippen LogP contribution in [-0.2, 0) is 6.54 Å². The van der Waals surface area contributed by atoms with Crippen molar-refractivity contribution in [3.05, 3.63) is 30.4 Å². The average Bonchev–Trinajstić information content (AvgIpc) is 3.12. The highest BCUT2D eigenvalue weighted by Crippen LogP contribution is 2.32. The van der Waals surface area contributed by atoms with E-state index in [-0.39, 0.29) is 5.91 Å². The largest absolute Gasteiger partial charge is 0.348 e. The average molecular weight is 353 g/mol. The van der Waals surface area contributed by atoms with E-state index in [1.807, 2.05) is 37.5 Å². The predicted molar refractivity (Wildman–Crippen MR) is 102 cm³/mol. The van der Waals surface area contributed by atoms with E-state index >= 15 is 0 Å². The van der Waals surface area contributed by atoms with Gasteiger partial charge in [-0.3, -0.25) is 4.79 Å². The van der Waals surface area contributed by atoms with Crippen LogP contribution in [0.15, 0.2) is 24.7 Å². The summed E-state index contributed by atoms with van der Waals surface area (Å²) in [5, 5.41) is 3.22. The van der Waals surface area contributed by atoms with Crippen molar-refractivity contribution in [3.63, 3.8) is 0 Å². The zero-order chi connectivity index (χ0) is 18.1. The van der Waals surface area contributed by atoms with E-state index in [0.29, 0.717) is 17.9 Å². The van der Waals surface area contributed by atoms with Gasteiger partial charge in [-0.15, -0.1) is 0 Å². The van der Waals surface area contributed by atoms with Crippen LogP contribution in [0, 0.1) is 5.92 Å². The summed E-state index contributed by atoms with van der Waals surface area (Å²) in [7, 11) is 3.85. The van der Waals surface area contributed by atoms with Gasteiger partial charge in [0.2, 0.25) is 5.95 Å². The molecule has 0 bridgehead atoms. The highest BCUT2D eigenvalue weighted by molar-refractivity contribution is 5.94. The fourth-order valence-corrected chi connectivity index (χ4v) is 3.62. The smallest absolute Gasteiger partial charge is 0.268 e. The van der Waals surface area contributed by atoms with E-state index in [9.17, 15) is 4.79 Å². The van der Waals surface area contributed by atoms with E-state index in [1.165, 1.54) is 25.7 Å². The van der Waals surface area contributed by atoms with Gasteiger partial charge in [0.25, 0.3) is 5.91 Å². The molecule has 6 nitrogen and oxygen atoms in total. The molecule has 0 unspecified atom stereocenters. The molecule has 2 aromatic rings. The maximum atomic E-state index is 12.8. The van der Waals surface area contributed by atoms with Crippen molar-refractivity contribution in [1.82, 2.24) is 19.9 Å². The molecular weight excluding hydrogens is 326 g/mol. The molecule has 2 aromatic heterocycles. The Bertz CT molecular complexity index is 770. The summed E-state index contributed by atoms with van der Waals surface area (Å²) < 4.78 is 2.12. The second kappa shape index (κ2) is 7.09. The van der Waals surface area contributed by atoms with Crippen molar-refractivity contribution in [3.8, 4) is 11.1 Å². The number of nitrogens with zero attached hydrogens (tertiary/aromatic N) is 4. The topological polar surface area (TPSA) is 63.1 Å². The van der Waals surface area contributed by atoms with Crippen molar-refractivity contribution in [2.75, 3.05) is 19.0 Å². The second-order valence-electron chi connectivity index (χ2n) is 7.83. The third-order valence-corrected chi connectivity index (χ3v) is 5.34. The van der Waals surface area contributed by atoms with Crippen LogP contribution in [0.4, 0.5) is 5.95 Å². The summed E-state index contributed by atoms with van der Waals surface area (Å²) in [5.74, 6) is 1.45. The van der Waals surface area contributed by atoms with E-state index in [2.05, 4.69) is 26.0 Å². The Labute approximate surface area is 154 Å². The zero-order valence-electron chi connectivity index (χ0n) is 15.6. The summed E-state index contributed by atoms with van der Waals surface area (Å²) in [5.41, 5.74) is 2.71. The van der Waals surface area contributed by atoms with Crippen molar-refractivity contribution >= 4 is 11.9 Å². The lowest BCUT2D eigenvalue weighted by Gasteiger charge is -2.13. The molecule has 2 aliphatic carbocycles. The first kappa shape index (κ1) is 17.1. The van der Waals surface area contributed by atoms with Crippen molar-refractivity contribution in [2.45, 2.75) is 51.1 Å². The van der Waals surface area contributed by atoms with Crippen LogP contribution in [0.2, 0.25) is 0 Å². The molecule has 0 spiro atoms. The molecule has 0 radical (unpaired) electrons. The number of nitrogens with one attached hydrogen (secondary N) is 1. The Balaban J connectivity index is 1.58. The maximum Gasteiger partial charge on any atom is 0.268 e. The summed E-state index contributed by atoms with van der Waals surface area (Å²) in [4.78, 5) is 23.5. The van der Waals surface area contributed by atoms with Gasteiger partial charge in [0.15, 0.2) is 0 Å². The molecule has 6 heteroatoms. The lowest BCUT2D eigenvalue weighted by Crippen LogP contribution is -2.34. The standard InChI is InChI=1S/C20H27N5O/c1-24(2)20-21-10-16(11-22-20)15-9-18(25(13-15)12-14-7-8-14)19(26)23-17-5-3-4-6-17/h9-11,13-14,17H,3-8,12H2,1-2H3,(H,23,26). The minimum atomic E-state index is 0.0506. The second-order valence-corrected chi connectivity index (χ2v) is 7.83. The Kier molecular flexibility index (Phi) is 4.66. The van der Waals surface area contributed by atoms with Gasteiger partial charge in [-0.25, -0.2) is 9.97 Å². The van der Waals surface area contributed by atoms with Gasteiger partial charge in [-0.05, 0) is 37.7 Å². The number of hydrogen-bond donors (Lipinski definition) is 1. The molecule has 4 rings (SSSR count). The fourth-order valence-electron chi connectivity index (χ4n) is 3.62.